The van der Waals surface area contributed by atoms with Crippen LogP contribution in [0.15, 0.2) is 24.3 Å². The standard InChI is InChI=1S/C15H20FNO/c1-11(2)14-4-3-9-17(14)15(18)10-12-5-7-13(16)8-6-12/h5-8,11,14H,3-4,9-10H2,1-2H3. The van der Waals surface area contributed by atoms with E-state index in [0.29, 0.717) is 18.4 Å². The van der Waals surface area contributed by atoms with E-state index in [0.717, 1.165) is 24.9 Å². The van der Waals surface area contributed by atoms with Gasteiger partial charge in [-0.2, -0.15) is 0 Å². The van der Waals surface area contributed by atoms with Gasteiger partial charge in [0.2, 0.25) is 5.91 Å². The Morgan fingerprint density at radius 2 is 2.06 bits per heavy atom. The number of nitrogens with zero attached hydrogens (tertiary/aromatic N) is 1. The van der Waals surface area contributed by atoms with Crippen LogP contribution in [0.2, 0.25) is 0 Å². The number of hydrogen-bond acceptors (Lipinski definition) is 1. The Morgan fingerprint density at radius 3 is 2.67 bits per heavy atom. The van der Waals surface area contributed by atoms with Gasteiger partial charge in [0, 0.05) is 12.6 Å². The van der Waals surface area contributed by atoms with Crippen molar-refractivity contribution in [3.63, 3.8) is 0 Å². The molecule has 1 aromatic carbocycles. The maximum atomic E-state index is 12.8. The van der Waals surface area contributed by atoms with Gasteiger partial charge in [0.15, 0.2) is 0 Å². The molecule has 0 bridgehead atoms. The SMILES string of the molecule is CC(C)C1CCCN1C(=O)Cc1ccc(F)cc1. The Balaban J connectivity index is 2.01. The highest BCUT2D eigenvalue weighted by Gasteiger charge is 2.30. The largest absolute Gasteiger partial charge is 0.339 e. The molecule has 1 aromatic rings. The second-order valence-corrected chi connectivity index (χ2v) is 5.34. The van der Waals surface area contributed by atoms with E-state index >= 15 is 0 Å². The summed E-state index contributed by atoms with van der Waals surface area (Å²) in [6.45, 7) is 5.19. The molecule has 0 aromatic heterocycles. The van der Waals surface area contributed by atoms with Gasteiger partial charge < -0.3 is 4.90 Å². The second-order valence-electron chi connectivity index (χ2n) is 5.34. The summed E-state index contributed by atoms with van der Waals surface area (Å²) in [5.74, 6) is 0.412. The van der Waals surface area contributed by atoms with E-state index in [1.54, 1.807) is 12.1 Å². The zero-order chi connectivity index (χ0) is 13.1. The van der Waals surface area contributed by atoms with Crippen LogP contribution in [0, 0.1) is 11.7 Å². The zero-order valence-electron chi connectivity index (χ0n) is 11.0. The van der Waals surface area contributed by atoms with E-state index in [-0.39, 0.29) is 11.7 Å². The molecule has 98 valence electrons. The Bertz CT molecular complexity index is 413. The van der Waals surface area contributed by atoms with E-state index in [4.69, 9.17) is 0 Å². The normalized spacial score (nSPS) is 19.6. The zero-order valence-corrected chi connectivity index (χ0v) is 11.0. The molecule has 1 aliphatic heterocycles. The van der Waals surface area contributed by atoms with Crippen LogP contribution in [-0.2, 0) is 11.2 Å². The molecule has 0 saturated carbocycles. The lowest BCUT2D eigenvalue weighted by molar-refractivity contribution is -0.132. The summed E-state index contributed by atoms with van der Waals surface area (Å²) >= 11 is 0. The quantitative estimate of drug-likeness (QED) is 0.806. The fourth-order valence-corrected chi connectivity index (χ4v) is 2.67. The number of hydrogen-bond donors (Lipinski definition) is 0. The average molecular weight is 249 g/mol. The highest BCUT2D eigenvalue weighted by molar-refractivity contribution is 5.79. The van der Waals surface area contributed by atoms with Crippen molar-refractivity contribution in [3.8, 4) is 0 Å². The lowest BCUT2D eigenvalue weighted by Gasteiger charge is -2.27. The van der Waals surface area contributed by atoms with Crippen molar-refractivity contribution in [2.24, 2.45) is 5.92 Å². The number of carbonyl (C=O) groups excluding carboxylic acids is 1. The van der Waals surface area contributed by atoms with Gasteiger partial charge in [-0.3, -0.25) is 4.79 Å². The van der Waals surface area contributed by atoms with E-state index < -0.39 is 0 Å². The van der Waals surface area contributed by atoms with Gasteiger partial charge in [0.05, 0.1) is 6.42 Å². The molecule has 18 heavy (non-hydrogen) atoms. The van der Waals surface area contributed by atoms with Crippen LogP contribution >= 0.6 is 0 Å². The predicted octanol–water partition coefficient (Wildman–Crippen LogP) is 3.02. The molecule has 2 rings (SSSR count). The first-order valence-corrected chi connectivity index (χ1v) is 6.62. The third-order valence-electron chi connectivity index (χ3n) is 3.66. The molecule has 0 radical (unpaired) electrons. The van der Waals surface area contributed by atoms with Crippen molar-refractivity contribution in [2.45, 2.75) is 39.2 Å². The van der Waals surface area contributed by atoms with Crippen molar-refractivity contribution >= 4 is 5.91 Å². The van der Waals surface area contributed by atoms with Crippen molar-refractivity contribution < 1.29 is 9.18 Å². The molecular weight excluding hydrogens is 229 g/mol. The third kappa shape index (κ3) is 2.89. The van der Waals surface area contributed by atoms with Crippen molar-refractivity contribution in [1.29, 1.82) is 0 Å². The van der Waals surface area contributed by atoms with Gasteiger partial charge in [0.1, 0.15) is 5.82 Å². The number of benzene rings is 1. The van der Waals surface area contributed by atoms with Crippen molar-refractivity contribution in [1.82, 2.24) is 4.90 Å². The molecule has 0 aliphatic carbocycles. The van der Waals surface area contributed by atoms with Crippen LogP contribution < -0.4 is 0 Å². The van der Waals surface area contributed by atoms with Gasteiger partial charge in [0.25, 0.3) is 0 Å². The van der Waals surface area contributed by atoms with Crippen LogP contribution in [0.1, 0.15) is 32.3 Å². The first kappa shape index (κ1) is 13.1. The molecule has 1 fully saturated rings. The highest BCUT2D eigenvalue weighted by atomic mass is 19.1. The number of carbonyl (C=O) groups is 1. The molecule has 0 N–H and O–H groups in total. The maximum absolute atomic E-state index is 12.8. The lowest BCUT2D eigenvalue weighted by atomic mass is 10.0. The minimum atomic E-state index is -0.257. The Hall–Kier alpha value is -1.38. The molecular formula is C15H20FNO. The van der Waals surface area contributed by atoms with Gasteiger partial charge in [-0.1, -0.05) is 26.0 Å². The summed E-state index contributed by atoms with van der Waals surface area (Å²) in [6.07, 6.45) is 2.58. The molecule has 1 atom stereocenters. The number of halogens is 1. The summed E-state index contributed by atoms with van der Waals surface area (Å²) in [6, 6.07) is 6.57. The van der Waals surface area contributed by atoms with Crippen molar-refractivity contribution in [3.05, 3.63) is 35.6 Å². The summed E-state index contributed by atoms with van der Waals surface area (Å²) < 4.78 is 12.8. The Morgan fingerprint density at radius 1 is 1.39 bits per heavy atom. The van der Waals surface area contributed by atoms with E-state index in [1.165, 1.54) is 12.1 Å². The topological polar surface area (TPSA) is 20.3 Å². The molecule has 1 amide bonds. The van der Waals surface area contributed by atoms with Crippen LogP contribution in [0.4, 0.5) is 4.39 Å². The minimum absolute atomic E-state index is 0.165. The molecule has 1 aliphatic rings. The van der Waals surface area contributed by atoms with Gasteiger partial charge in [-0.05, 0) is 36.5 Å². The number of amides is 1. The number of rotatable bonds is 3. The summed E-state index contributed by atoms with van der Waals surface area (Å²) in [5, 5.41) is 0. The van der Waals surface area contributed by atoms with Crippen LogP contribution in [0.3, 0.4) is 0 Å². The molecule has 1 heterocycles. The molecule has 1 saturated heterocycles. The average Bonchev–Trinajstić information content (AvgIpc) is 2.81. The fourth-order valence-electron chi connectivity index (χ4n) is 2.67. The fraction of sp³-hybridized carbons (Fsp3) is 0.533. The Kier molecular flexibility index (Phi) is 4.00. The summed E-state index contributed by atoms with van der Waals surface area (Å²) in [7, 11) is 0. The van der Waals surface area contributed by atoms with Crippen LogP contribution in [0.25, 0.3) is 0 Å². The van der Waals surface area contributed by atoms with Gasteiger partial charge in [-0.25, -0.2) is 4.39 Å². The van der Waals surface area contributed by atoms with Gasteiger partial charge >= 0.3 is 0 Å². The summed E-state index contributed by atoms with van der Waals surface area (Å²) in [5.41, 5.74) is 0.885. The molecule has 2 nitrogen and oxygen atoms in total. The predicted molar refractivity (Wildman–Crippen MR) is 69.7 cm³/mol. The molecule has 3 heteroatoms. The maximum Gasteiger partial charge on any atom is 0.227 e. The lowest BCUT2D eigenvalue weighted by Crippen LogP contribution is -2.39. The first-order valence-electron chi connectivity index (χ1n) is 6.62. The third-order valence-corrected chi connectivity index (χ3v) is 3.66. The highest BCUT2D eigenvalue weighted by Crippen LogP contribution is 2.24. The minimum Gasteiger partial charge on any atom is -0.339 e. The molecule has 0 spiro atoms. The van der Waals surface area contributed by atoms with E-state index in [1.807, 2.05) is 4.90 Å². The summed E-state index contributed by atoms with van der Waals surface area (Å²) in [4.78, 5) is 14.2. The van der Waals surface area contributed by atoms with Gasteiger partial charge in [-0.15, -0.1) is 0 Å². The van der Waals surface area contributed by atoms with Crippen LogP contribution in [-0.4, -0.2) is 23.4 Å². The Labute approximate surface area is 108 Å². The smallest absolute Gasteiger partial charge is 0.227 e. The van der Waals surface area contributed by atoms with E-state index in [9.17, 15) is 9.18 Å². The van der Waals surface area contributed by atoms with Crippen LogP contribution in [0.5, 0.6) is 0 Å². The monoisotopic (exact) mass is 249 g/mol. The number of likely N-dealkylation sites (tertiary alicyclic amines) is 1. The van der Waals surface area contributed by atoms with Crippen molar-refractivity contribution in [2.75, 3.05) is 6.54 Å². The first-order chi connectivity index (χ1) is 8.58. The molecule has 1 unspecified atom stereocenters. The van der Waals surface area contributed by atoms with E-state index in [2.05, 4.69) is 13.8 Å². The second kappa shape index (κ2) is 5.51.